The monoisotopic (exact) mass is 452 g/mol. The lowest BCUT2D eigenvalue weighted by molar-refractivity contribution is -0.122. The molecule has 0 radical (unpaired) electrons. The minimum atomic E-state index is -0.790. The van der Waals surface area contributed by atoms with Crippen LogP contribution in [-0.4, -0.2) is 38.6 Å². The number of thioether (sulfide) groups is 1. The predicted octanol–water partition coefficient (Wildman–Crippen LogP) is 4.45. The molecule has 29 heavy (non-hydrogen) atoms. The number of hydrogen-bond acceptors (Lipinski definition) is 5. The van der Waals surface area contributed by atoms with Crippen molar-refractivity contribution in [1.82, 2.24) is 4.90 Å². The molecule has 152 valence electrons. The highest BCUT2D eigenvalue weighted by Crippen LogP contribution is 2.44. The summed E-state index contributed by atoms with van der Waals surface area (Å²) >= 11 is 13.2. The number of fused-ring (bicyclic) bond motifs is 1. The maximum atomic E-state index is 12.8. The number of halogens is 2. The second kappa shape index (κ2) is 7.78. The van der Waals surface area contributed by atoms with E-state index in [4.69, 9.17) is 23.2 Å². The molecule has 1 saturated carbocycles. The number of rotatable bonds is 3. The van der Waals surface area contributed by atoms with Crippen LogP contribution < -0.4 is 5.32 Å². The van der Waals surface area contributed by atoms with E-state index in [1.165, 1.54) is 0 Å². The summed E-state index contributed by atoms with van der Waals surface area (Å²) in [5.74, 6) is -0.793. The number of nitrogens with one attached hydrogen (secondary N) is 1. The lowest BCUT2D eigenvalue weighted by Crippen LogP contribution is -2.34. The molecule has 2 heterocycles. The van der Waals surface area contributed by atoms with Crippen LogP contribution in [-0.2, 0) is 16.0 Å². The van der Waals surface area contributed by atoms with Gasteiger partial charge in [-0.05, 0) is 67.6 Å². The number of hydrogen-bond donors (Lipinski definition) is 1. The molecule has 0 spiro atoms. The van der Waals surface area contributed by atoms with Gasteiger partial charge in [0, 0.05) is 17.7 Å². The highest BCUT2D eigenvalue weighted by atomic mass is 35.5. The average molecular weight is 453 g/mol. The van der Waals surface area contributed by atoms with Gasteiger partial charge in [-0.1, -0.05) is 5.57 Å². The first-order valence-electron chi connectivity index (χ1n) is 9.33. The number of carbonyl (C=O) groups is 4. The summed E-state index contributed by atoms with van der Waals surface area (Å²) in [5, 5.41) is 2.32. The van der Waals surface area contributed by atoms with E-state index in [0.717, 1.165) is 27.8 Å². The second-order valence-corrected chi connectivity index (χ2v) is 9.99. The van der Waals surface area contributed by atoms with Gasteiger partial charge in [0.1, 0.15) is 4.33 Å². The van der Waals surface area contributed by atoms with Crippen molar-refractivity contribution in [3.05, 3.63) is 39.8 Å². The SMILES string of the molecule is O=C1CCc2cc(C(=O)CN3C(=O)SC(=C4CCC(Cl)(Cl)CC4)C3=O)ccc2N1. The molecule has 6 nitrogen and oxygen atoms in total. The Hall–Kier alpha value is -1.83. The molecule has 1 N–H and O–H groups in total. The lowest BCUT2D eigenvalue weighted by Gasteiger charge is -2.26. The van der Waals surface area contributed by atoms with Gasteiger partial charge in [-0.25, -0.2) is 0 Å². The predicted molar refractivity (Wildman–Crippen MR) is 112 cm³/mol. The van der Waals surface area contributed by atoms with Crippen molar-refractivity contribution in [1.29, 1.82) is 0 Å². The second-order valence-electron chi connectivity index (χ2n) is 7.39. The fourth-order valence-electron chi connectivity index (χ4n) is 3.69. The van der Waals surface area contributed by atoms with E-state index in [0.29, 0.717) is 54.7 Å². The van der Waals surface area contributed by atoms with Crippen molar-refractivity contribution in [2.45, 2.75) is 42.9 Å². The lowest BCUT2D eigenvalue weighted by atomic mass is 9.93. The van der Waals surface area contributed by atoms with Gasteiger partial charge in [-0.2, -0.15) is 0 Å². The molecule has 1 aliphatic carbocycles. The van der Waals surface area contributed by atoms with Crippen LogP contribution in [0.4, 0.5) is 10.5 Å². The molecular weight excluding hydrogens is 435 g/mol. The number of amides is 3. The topological polar surface area (TPSA) is 83.6 Å². The molecule has 2 aliphatic heterocycles. The van der Waals surface area contributed by atoms with Gasteiger partial charge < -0.3 is 5.32 Å². The number of benzene rings is 1. The normalized spacial score (nSPS) is 21.3. The number of alkyl halides is 2. The zero-order chi connectivity index (χ0) is 20.8. The number of allylic oxidation sites excluding steroid dienone is 1. The number of Topliss-reactive ketones (excluding diaryl/α,β-unsaturated/α-hetero) is 1. The summed E-state index contributed by atoms with van der Waals surface area (Å²) in [5.41, 5.74) is 2.86. The number of imide groups is 1. The Morgan fingerprint density at radius 2 is 1.83 bits per heavy atom. The Balaban J connectivity index is 1.48. The smallest absolute Gasteiger partial charge is 0.293 e. The molecular formula is C20H18Cl2N2O4S. The summed E-state index contributed by atoms with van der Waals surface area (Å²) in [4.78, 5) is 50.7. The fourth-order valence-corrected chi connectivity index (χ4v) is 5.04. The minimum absolute atomic E-state index is 0.0503. The van der Waals surface area contributed by atoms with Crippen LogP contribution in [0, 0.1) is 0 Å². The number of aryl methyl sites for hydroxylation is 1. The first kappa shape index (κ1) is 20.4. The maximum absolute atomic E-state index is 12.8. The summed E-state index contributed by atoms with van der Waals surface area (Å²) in [6.45, 7) is -0.304. The molecule has 0 aromatic heterocycles. The Morgan fingerprint density at radius 1 is 1.10 bits per heavy atom. The molecule has 1 saturated heterocycles. The molecule has 3 aliphatic rings. The zero-order valence-electron chi connectivity index (χ0n) is 15.4. The van der Waals surface area contributed by atoms with Crippen LogP contribution in [0.25, 0.3) is 0 Å². The average Bonchev–Trinajstić information content (AvgIpc) is 2.95. The van der Waals surface area contributed by atoms with Crippen molar-refractivity contribution in [2.75, 3.05) is 11.9 Å². The van der Waals surface area contributed by atoms with Crippen molar-refractivity contribution in [2.24, 2.45) is 0 Å². The van der Waals surface area contributed by atoms with Gasteiger partial charge in [-0.15, -0.1) is 23.2 Å². The van der Waals surface area contributed by atoms with Gasteiger partial charge in [0.15, 0.2) is 5.78 Å². The van der Waals surface area contributed by atoms with Crippen LogP contribution in [0.1, 0.15) is 48.0 Å². The Bertz CT molecular complexity index is 961. The van der Waals surface area contributed by atoms with E-state index in [1.807, 2.05) is 0 Å². The molecule has 1 aromatic rings. The first-order valence-corrected chi connectivity index (χ1v) is 10.9. The Kier molecular flexibility index (Phi) is 5.48. The van der Waals surface area contributed by atoms with E-state index in [2.05, 4.69) is 5.32 Å². The van der Waals surface area contributed by atoms with Crippen molar-refractivity contribution in [3.8, 4) is 0 Å². The molecule has 0 bridgehead atoms. The van der Waals surface area contributed by atoms with E-state index in [9.17, 15) is 19.2 Å². The van der Waals surface area contributed by atoms with E-state index < -0.39 is 15.5 Å². The number of anilines is 1. The summed E-state index contributed by atoms with van der Waals surface area (Å²) in [6.07, 6.45) is 3.11. The molecule has 4 rings (SSSR count). The van der Waals surface area contributed by atoms with Gasteiger partial charge in [0.05, 0.1) is 11.4 Å². The van der Waals surface area contributed by atoms with Gasteiger partial charge in [0.25, 0.3) is 11.1 Å². The zero-order valence-corrected chi connectivity index (χ0v) is 17.8. The molecule has 0 atom stereocenters. The van der Waals surface area contributed by atoms with Crippen LogP contribution >= 0.6 is 35.0 Å². The minimum Gasteiger partial charge on any atom is -0.326 e. The summed E-state index contributed by atoms with van der Waals surface area (Å²) in [7, 11) is 0. The molecule has 0 unspecified atom stereocenters. The highest BCUT2D eigenvalue weighted by Gasteiger charge is 2.40. The standard InChI is InChI=1S/C20H18Cl2N2O4S/c21-20(22)7-5-11(6-8-20)17-18(27)24(19(28)29-17)10-15(25)13-1-3-14-12(9-13)2-4-16(26)23-14/h1,3,9H,2,4-8,10H2,(H,23,26). The highest BCUT2D eigenvalue weighted by molar-refractivity contribution is 8.18. The number of carbonyl (C=O) groups excluding carboxylic acids is 4. The quantitative estimate of drug-likeness (QED) is 0.415. The van der Waals surface area contributed by atoms with Crippen molar-refractivity contribution < 1.29 is 19.2 Å². The Labute approximate surface area is 182 Å². The summed E-state index contributed by atoms with van der Waals surface area (Å²) < 4.78 is -0.790. The van der Waals surface area contributed by atoms with Crippen molar-refractivity contribution in [3.63, 3.8) is 0 Å². The van der Waals surface area contributed by atoms with Gasteiger partial charge in [0.2, 0.25) is 5.91 Å². The summed E-state index contributed by atoms with van der Waals surface area (Å²) in [6, 6.07) is 5.00. The van der Waals surface area contributed by atoms with Crippen LogP contribution in [0.5, 0.6) is 0 Å². The van der Waals surface area contributed by atoms with Crippen LogP contribution in [0.15, 0.2) is 28.7 Å². The number of ketones is 1. The third-order valence-electron chi connectivity index (χ3n) is 5.38. The van der Waals surface area contributed by atoms with Crippen LogP contribution in [0.2, 0.25) is 0 Å². The largest absolute Gasteiger partial charge is 0.326 e. The van der Waals surface area contributed by atoms with Crippen molar-refractivity contribution >= 4 is 63.5 Å². The number of nitrogens with zero attached hydrogens (tertiary/aromatic N) is 1. The molecule has 3 amide bonds. The van der Waals surface area contributed by atoms with Gasteiger partial charge >= 0.3 is 0 Å². The fraction of sp³-hybridized carbons (Fsp3) is 0.400. The van der Waals surface area contributed by atoms with E-state index >= 15 is 0 Å². The Morgan fingerprint density at radius 3 is 2.55 bits per heavy atom. The van der Waals surface area contributed by atoms with Crippen LogP contribution in [0.3, 0.4) is 0 Å². The third kappa shape index (κ3) is 4.22. The van der Waals surface area contributed by atoms with E-state index in [1.54, 1.807) is 18.2 Å². The first-order chi connectivity index (χ1) is 13.7. The molecule has 1 aromatic carbocycles. The molecule has 9 heteroatoms. The third-order valence-corrected chi connectivity index (χ3v) is 7.20. The van der Waals surface area contributed by atoms with E-state index in [-0.39, 0.29) is 18.2 Å². The van der Waals surface area contributed by atoms with Gasteiger partial charge in [-0.3, -0.25) is 24.1 Å². The molecule has 2 fully saturated rings. The maximum Gasteiger partial charge on any atom is 0.293 e.